The van der Waals surface area contributed by atoms with Gasteiger partial charge in [0.1, 0.15) is 0 Å². The first-order chi connectivity index (χ1) is 12.4. The molecule has 0 spiro atoms. The molecule has 2 unspecified atom stereocenters. The van der Waals surface area contributed by atoms with Gasteiger partial charge in [0.2, 0.25) is 0 Å². The molecule has 1 aromatic carbocycles. The van der Waals surface area contributed by atoms with E-state index in [0.717, 1.165) is 18.0 Å². The van der Waals surface area contributed by atoms with Crippen LogP contribution in [0.4, 0.5) is 0 Å². The number of hydrogen-bond donors (Lipinski definition) is 0. The van der Waals surface area contributed by atoms with Crippen LogP contribution >= 0.6 is 0 Å². The average Bonchev–Trinajstić information content (AvgIpc) is 2.95. The maximum Gasteiger partial charge on any atom is 0.0587 e. The van der Waals surface area contributed by atoms with Gasteiger partial charge < -0.3 is 0 Å². The maximum atomic E-state index is 7.32. The third kappa shape index (κ3) is 7.66. The zero-order valence-electron chi connectivity index (χ0n) is 16.9. The van der Waals surface area contributed by atoms with Crippen LogP contribution in [0, 0.1) is 37.0 Å². The Balaban J connectivity index is 0.000000227. The fraction of sp³-hybridized carbons (Fsp3) is 0.417. The van der Waals surface area contributed by atoms with Gasteiger partial charge in [0, 0.05) is 18.3 Å². The largest absolute Gasteiger partial charge is 0.258 e. The minimum absolute atomic E-state index is 0.576. The average molecular weight is 349 g/mol. The normalized spacial score (nSPS) is 15.3. The second-order valence-electron chi connectivity index (χ2n) is 7.20. The van der Waals surface area contributed by atoms with Crippen molar-refractivity contribution in [1.82, 2.24) is 4.98 Å². The molecule has 0 fully saturated rings. The van der Waals surface area contributed by atoms with Crippen LogP contribution in [0.5, 0.6) is 0 Å². The van der Waals surface area contributed by atoms with E-state index < -0.39 is 0 Å². The number of hydrogen-bond acceptors (Lipinski definition) is 2. The van der Waals surface area contributed by atoms with Gasteiger partial charge in [0.05, 0.1) is 6.07 Å². The van der Waals surface area contributed by atoms with Crippen LogP contribution in [0.25, 0.3) is 0 Å². The SMILES string of the molecule is C=CC(C)Cc1cccc(C)c1.CC#N.Cc1ccc2c(n1)CC(C)C2. The van der Waals surface area contributed by atoms with E-state index in [2.05, 4.69) is 75.7 Å². The fourth-order valence-electron chi connectivity index (χ4n) is 3.07. The Kier molecular flexibility index (Phi) is 9.37. The van der Waals surface area contributed by atoms with Crippen molar-refractivity contribution in [2.24, 2.45) is 11.8 Å². The first kappa shape index (κ1) is 21.6. The second-order valence-corrected chi connectivity index (χ2v) is 7.20. The molecule has 0 bridgehead atoms. The minimum atomic E-state index is 0.576. The lowest BCUT2D eigenvalue weighted by Crippen LogP contribution is -1.95. The smallest absolute Gasteiger partial charge is 0.0587 e. The molecule has 26 heavy (non-hydrogen) atoms. The van der Waals surface area contributed by atoms with E-state index in [1.165, 1.54) is 42.1 Å². The van der Waals surface area contributed by atoms with Crippen LogP contribution in [0.15, 0.2) is 49.1 Å². The van der Waals surface area contributed by atoms with E-state index in [-0.39, 0.29) is 0 Å². The summed E-state index contributed by atoms with van der Waals surface area (Å²) in [7, 11) is 0. The Morgan fingerprint density at radius 1 is 1.27 bits per heavy atom. The van der Waals surface area contributed by atoms with Gasteiger partial charge in [-0.15, -0.1) is 6.58 Å². The van der Waals surface area contributed by atoms with Crippen LogP contribution in [-0.2, 0) is 19.3 Å². The predicted octanol–water partition coefficient (Wildman–Crippen LogP) is 6.01. The zero-order valence-corrected chi connectivity index (χ0v) is 16.9. The standard InChI is InChI=1S/C12H16.C10H13N.C2H3N/c1-4-10(2)8-12-7-5-6-11(3)9-12;1-7-5-9-4-3-8(2)11-10(9)6-7;1-2-3/h4-7,9-10H,1,8H2,2-3H3;3-4,7H,5-6H2,1-2H3;1H3. The van der Waals surface area contributed by atoms with Crippen molar-refractivity contribution in [2.75, 3.05) is 0 Å². The molecule has 2 aromatic rings. The van der Waals surface area contributed by atoms with Crippen molar-refractivity contribution in [3.8, 4) is 6.07 Å². The Bertz CT molecular complexity index is 740. The van der Waals surface area contributed by atoms with Gasteiger partial charge in [-0.1, -0.05) is 55.8 Å². The number of aromatic nitrogens is 1. The third-order valence-electron chi connectivity index (χ3n) is 4.36. The molecule has 2 nitrogen and oxygen atoms in total. The highest BCUT2D eigenvalue weighted by Gasteiger charge is 2.18. The molecule has 0 N–H and O–H groups in total. The summed E-state index contributed by atoms with van der Waals surface area (Å²) in [5, 5.41) is 7.32. The fourth-order valence-corrected chi connectivity index (χ4v) is 3.07. The number of allylic oxidation sites excluding steroid dienone is 1. The van der Waals surface area contributed by atoms with Gasteiger partial charge in [0.15, 0.2) is 0 Å². The topological polar surface area (TPSA) is 36.7 Å². The molecule has 0 amide bonds. The molecule has 1 aliphatic rings. The Morgan fingerprint density at radius 3 is 2.58 bits per heavy atom. The number of benzene rings is 1. The molecule has 2 atom stereocenters. The van der Waals surface area contributed by atoms with E-state index in [1.807, 2.05) is 6.08 Å². The van der Waals surface area contributed by atoms with Gasteiger partial charge in [-0.25, -0.2) is 0 Å². The molecule has 0 aliphatic heterocycles. The molecule has 1 heterocycles. The molecule has 1 aliphatic carbocycles. The highest BCUT2D eigenvalue weighted by Crippen LogP contribution is 2.24. The molecular formula is C24H32N2. The number of rotatable bonds is 3. The molecular weight excluding hydrogens is 316 g/mol. The number of pyridine rings is 1. The van der Waals surface area contributed by atoms with Crippen LogP contribution in [0.1, 0.15) is 48.8 Å². The summed E-state index contributed by atoms with van der Waals surface area (Å²) >= 11 is 0. The molecule has 0 radical (unpaired) electrons. The van der Waals surface area contributed by atoms with Crippen molar-refractivity contribution in [1.29, 1.82) is 5.26 Å². The Morgan fingerprint density at radius 2 is 1.96 bits per heavy atom. The van der Waals surface area contributed by atoms with Gasteiger partial charge in [0.25, 0.3) is 0 Å². The number of nitriles is 1. The highest BCUT2D eigenvalue weighted by atomic mass is 14.7. The number of fused-ring (bicyclic) bond motifs is 1. The Hall–Kier alpha value is -2.40. The van der Waals surface area contributed by atoms with E-state index in [1.54, 1.807) is 6.07 Å². The highest BCUT2D eigenvalue weighted by molar-refractivity contribution is 5.27. The van der Waals surface area contributed by atoms with Crippen molar-refractivity contribution in [3.63, 3.8) is 0 Å². The van der Waals surface area contributed by atoms with E-state index in [9.17, 15) is 0 Å². The van der Waals surface area contributed by atoms with Gasteiger partial charge in [-0.05, 0) is 62.1 Å². The van der Waals surface area contributed by atoms with E-state index in [0.29, 0.717) is 5.92 Å². The molecule has 138 valence electrons. The summed E-state index contributed by atoms with van der Waals surface area (Å²) in [5.41, 5.74) is 6.68. The summed E-state index contributed by atoms with van der Waals surface area (Å²) in [6, 6.07) is 14.7. The maximum absolute atomic E-state index is 7.32. The van der Waals surface area contributed by atoms with E-state index >= 15 is 0 Å². The molecule has 3 rings (SSSR count). The number of nitrogens with zero attached hydrogens (tertiary/aromatic N) is 2. The van der Waals surface area contributed by atoms with Gasteiger partial charge in [-0.3, -0.25) is 4.98 Å². The molecule has 2 heteroatoms. The lowest BCUT2D eigenvalue weighted by atomic mass is 10.0. The third-order valence-corrected chi connectivity index (χ3v) is 4.36. The molecule has 0 saturated carbocycles. The first-order valence-electron chi connectivity index (χ1n) is 9.33. The van der Waals surface area contributed by atoms with Crippen LogP contribution < -0.4 is 0 Å². The van der Waals surface area contributed by atoms with Crippen LogP contribution in [-0.4, -0.2) is 4.98 Å². The number of aryl methyl sites for hydroxylation is 2. The van der Waals surface area contributed by atoms with Gasteiger partial charge in [-0.2, -0.15) is 5.26 Å². The summed E-state index contributed by atoms with van der Waals surface area (Å²) < 4.78 is 0. The van der Waals surface area contributed by atoms with Crippen LogP contribution in [0.2, 0.25) is 0 Å². The van der Waals surface area contributed by atoms with Crippen LogP contribution in [0.3, 0.4) is 0 Å². The van der Waals surface area contributed by atoms with Crippen molar-refractivity contribution in [3.05, 3.63) is 77.1 Å². The van der Waals surface area contributed by atoms with Crippen molar-refractivity contribution in [2.45, 2.75) is 53.9 Å². The van der Waals surface area contributed by atoms with Gasteiger partial charge >= 0.3 is 0 Å². The van der Waals surface area contributed by atoms with Crippen molar-refractivity contribution >= 4 is 0 Å². The quantitative estimate of drug-likeness (QED) is 0.636. The first-order valence-corrected chi connectivity index (χ1v) is 9.33. The minimum Gasteiger partial charge on any atom is -0.258 e. The zero-order chi connectivity index (χ0) is 19.5. The monoisotopic (exact) mass is 348 g/mol. The van der Waals surface area contributed by atoms with E-state index in [4.69, 9.17) is 5.26 Å². The lowest BCUT2D eigenvalue weighted by molar-refractivity contribution is 0.623. The molecule has 0 saturated heterocycles. The Labute approximate surface area is 159 Å². The van der Waals surface area contributed by atoms with Crippen molar-refractivity contribution < 1.29 is 0 Å². The summed E-state index contributed by atoms with van der Waals surface area (Å²) in [4.78, 5) is 4.50. The summed E-state index contributed by atoms with van der Waals surface area (Å²) in [6.07, 6.45) is 5.51. The summed E-state index contributed by atoms with van der Waals surface area (Å²) in [5.74, 6) is 1.38. The predicted molar refractivity (Wildman–Crippen MR) is 111 cm³/mol. The second kappa shape index (κ2) is 11.3. The molecule has 1 aromatic heterocycles. The summed E-state index contributed by atoms with van der Waals surface area (Å²) in [6.45, 7) is 13.9. The lowest BCUT2D eigenvalue weighted by Gasteiger charge is -2.05.